The van der Waals surface area contributed by atoms with Gasteiger partial charge in [0.05, 0.1) is 5.52 Å². The van der Waals surface area contributed by atoms with Crippen LogP contribution in [0.5, 0.6) is 0 Å². The Morgan fingerprint density at radius 1 is 1.19 bits per heavy atom. The fourth-order valence-corrected chi connectivity index (χ4v) is 1.67. The molecule has 0 saturated heterocycles. The van der Waals surface area contributed by atoms with Crippen molar-refractivity contribution in [3.05, 3.63) is 46.2 Å². The fraction of sp³-hybridized carbons (Fsp3) is 0.182. The lowest BCUT2D eigenvalue weighted by molar-refractivity contribution is -0.143. The summed E-state index contributed by atoms with van der Waals surface area (Å²) in [6.07, 6.45) is -4.52. The number of benzene rings is 1. The van der Waals surface area contributed by atoms with Crippen molar-refractivity contribution in [3.8, 4) is 0 Å². The Hall–Kier alpha value is -1.78. The van der Waals surface area contributed by atoms with Gasteiger partial charge < -0.3 is 4.57 Å². The molecule has 0 saturated carbocycles. The van der Waals surface area contributed by atoms with E-state index in [4.69, 9.17) is 0 Å². The van der Waals surface area contributed by atoms with Crippen LogP contribution in [0, 0.1) is 0 Å². The van der Waals surface area contributed by atoms with E-state index in [-0.39, 0.29) is 10.9 Å². The maximum Gasteiger partial charge on any atom is 0.431 e. The van der Waals surface area contributed by atoms with Gasteiger partial charge in [-0.1, -0.05) is 12.1 Å². The minimum absolute atomic E-state index is 0.280. The molecule has 0 aliphatic rings. The summed E-state index contributed by atoms with van der Waals surface area (Å²) in [5.74, 6) is 0. The van der Waals surface area contributed by atoms with Crippen LogP contribution in [0.4, 0.5) is 13.2 Å². The van der Waals surface area contributed by atoms with Crippen LogP contribution in [0.3, 0.4) is 0 Å². The van der Waals surface area contributed by atoms with E-state index in [1.165, 1.54) is 19.2 Å². The number of alkyl halides is 3. The van der Waals surface area contributed by atoms with Crippen molar-refractivity contribution >= 4 is 10.9 Å². The molecule has 5 heteroatoms. The number of para-hydroxylation sites is 1. The molecule has 0 bridgehead atoms. The summed E-state index contributed by atoms with van der Waals surface area (Å²) in [5.41, 5.74) is -1.26. The second-order valence-corrected chi connectivity index (χ2v) is 3.47. The zero-order valence-corrected chi connectivity index (χ0v) is 8.38. The Kier molecular flexibility index (Phi) is 2.26. The average molecular weight is 227 g/mol. The first-order valence-electron chi connectivity index (χ1n) is 4.57. The highest BCUT2D eigenvalue weighted by Gasteiger charge is 2.34. The Balaban J connectivity index is 2.92. The minimum atomic E-state index is -4.52. The molecule has 0 atom stereocenters. The number of aromatic nitrogens is 1. The number of pyridine rings is 1. The predicted octanol–water partition coefficient (Wildman–Crippen LogP) is 2.56. The summed E-state index contributed by atoms with van der Waals surface area (Å²) in [6, 6.07) is 6.85. The van der Waals surface area contributed by atoms with Crippen LogP contribution in [0.15, 0.2) is 35.1 Å². The quantitative estimate of drug-likeness (QED) is 0.678. The van der Waals surface area contributed by atoms with Gasteiger partial charge in [-0.25, -0.2) is 0 Å². The smallest absolute Gasteiger partial charge is 0.340 e. The summed E-state index contributed by atoms with van der Waals surface area (Å²) < 4.78 is 38.8. The SMILES string of the molecule is Cn1c(C(F)(F)F)cc(=O)c2ccccc21. The van der Waals surface area contributed by atoms with Crippen LogP contribution < -0.4 is 5.43 Å². The number of nitrogens with zero attached hydrogens (tertiary/aromatic N) is 1. The minimum Gasteiger partial charge on any atom is -0.340 e. The first-order chi connectivity index (χ1) is 7.41. The van der Waals surface area contributed by atoms with Gasteiger partial charge in [0.25, 0.3) is 0 Å². The maximum absolute atomic E-state index is 12.6. The molecule has 0 aliphatic heterocycles. The second kappa shape index (κ2) is 3.37. The molecule has 2 aromatic rings. The van der Waals surface area contributed by atoms with Gasteiger partial charge in [0.2, 0.25) is 0 Å². The van der Waals surface area contributed by atoms with Crippen molar-refractivity contribution in [2.24, 2.45) is 7.05 Å². The molecule has 16 heavy (non-hydrogen) atoms. The van der Waals surface area contributed by atoms with Crippen LogP contribution in [0.1, 0.15) is 5.69 Å². The molecular weight excluding hydrogens is 219 g/mol. The van der Waals surface area contributed by atoms with Gasteiger partial charge in [-0.2, -0.15) is 13.2 Å². The number of aryl methyl sites for hydroxylation is 1. The summed E-state index contributed by atoms with van der Waals surface area (Å²) in [5, 5.41) is 0.290. The first-order valence-corrected chi connectivity index (χ1v) is 4.57. The second-order valence-electron chi connectivity index (χ2n) is 3.47. The summed E-state index contributed by atoms with van der Waals surface area (Å²) in [7, 11) is 1.30. The molecule has 0 N–H and O–H groups in total. The average Bonchev–Trinajstić information content (AvgIpc) is 2.22. The molecule has 1 aromatic carbocycles. The number of hydrogen-bond donors (Lipinski definition) is 0. The van der Waals surface area contributed by atoms with E-state index < -0.39 is 17.3 Å². The van der Waals surface area contributed by atoms with Crippen molar-refractivity contribution < 1.29 is 13.2 Å². The molecule has 0 amide bonds. The standard InChI is InChI=1S/C11H8F3NO/c1-15-8-5-3-2-4-7(8)9(16)6-10(15)11(12,13)14/h2-6H,1H3. The Labute approximate surface area is 88.9 Å². The molecule has 0 spiro atoms. The molecule has 2 rings (SSSR count). The maximum atomic E-state index is 12.6. The van der Waals surface area contributed by atoms with Gasteiger partial charge in [-0.3, -0.25) is 4.79 Å². The van der Waals surface area contributed by atoms with Gasteiger partial charge in [0.1, 0.15) is 5.69 Å². The van der Waals surface area contributed by atoms with E-state index in [0.29, 0.717) is 6.07 Å². The molecule has 2 nitrogen and oxygen atoms in total. The third kappa shape index (κ3) is 1.58. The molecule has 0 radical (unpaired) electrons. The zero-order chi connectivity index (χ0) is 11.9. The van der Waals surface area contributed by atoms with Crippen molar-refractivity contribution in [2.45, 2.75) is 6.18 Å². The van der Waals surface area contributed by atoms with E-state index in [2.05, 4.69) is 0 Å². The molecule has 1 heterocycles. The lowest BCUT2D eigenvalue weighted by Crippen LogP contribution is -2.19. The number of hydrogen-bond acceptors (Lipinski definition) is 1. The van der Waals surface area contributed by atoms with Gasteiger partial charge >= 0.3 is 6.18 Å². The largest absolute Gasteiger partial charge is 0.431 e. The number of halogens is 3. The third-order valence-corrected chi connectivity index (χ3v) is 2.45. The highest BCUT2D eigenvalue weighted by Crippen LogP contribution is 2.29. The topological polar surface area (TPSA) is 22.0 Å². The molecule has 0 aliphatic carbocycles. The van der Waals surface area contributed by atoms with E-state index in [9.17, 15) is 18.0 Å². The highest BCUT2D eigenvalue weighted by atomic mass is 19.4. The van der Waals surface area contributed by atoms with E-state index in [1.807, 2.05) is 0 Å². The monoisotopic (exact) mass is 227 g/mol. The molecular formula is C11H8F3NO. The zero-order valence-electron chi connectivity index (χ0n) is 8.38. The van der Waals surface area contributed by atoms with E-state index >= 15 is 0 Å². The normalized spacial score (nSPS) is 12.0. The number of fused-ring (bicyclic) bond motifs is 1. The summed E-state index contributed by atoms with van der Waals surface area (Å²) >= 11 is 0. The first kappa shape index (κ1) is 10.7. The molecule has 1 aromatic heterocycles. The summed E-state index contributed by atoms with van der Waals surface area (Å²) in [4.78, 5) is 11.5. The molecule has 0 fully saturated rings. The Morgan fingerprint density at radius 3 is 2.44 bits per heavy atom. The fourth-order valence-electron chi connectivity index (χ4n) is 1.67. The van der Waals surface area contributed by atoms with Crippen LogP contribution in [0.2, 0.25) is 0 Å². The Morgan fingerprint density at radius 2 is 1.81 bits per heavy atom. The molecule has 0 unspecified atom stereocenters. The predicted molar refractivity (Wildman–Crippen MR) is 54.2 cm³/mol. The lowest BCUT2D eigenvalue weighted by Gasteiger charge is -2.14. The van der Waals surface area contributed by atoms with Crippen molar-refractivity contribution in [3.63, 3.8) is 0 Å². The lowest BCUT2D eigenvalue weighted by atomic mass is 10.2. The van der Waals surface area contributed by atoms with E-state index in [0.717, 1.165) is 4.57 Å². The van der Waals surface area contributed by atoms with Crippen molar-refractivity contribution in [1.82, 2.24) is 4.57 Å². The van der Waals surface area contributed by atoms with Crippen LogP contribution in [-0.2, 0) is 13.2 Å². The van der Waals surface area contributed by atoms with Crippen molar-refractivity contribution in [1.29, 1.82) is 0 Å². The van der Waals surface area contributed by atoms with Gasteiger partial charge in [0, 0.05) is 18.5 Å². The third-order valence-electron chi connectivity index (χ3n) is 2.45. The van der Waals surface area contributed by atoms with Gasteiger partial charge in [-0.05, 0) is 12.1 Å². The van der Waals surface area contributed by atoms with Crippen LogP contribution >= 0.6 is 0 Å². The van der Waals surface area contributed by atoms with Crippen LogP contribution in [-0.4, -0.2) is 4.57 Å². The number of rotatable bonds is 0. The van der Waals surface area contributed by atoms with Crippen LogP contribution in [0.25, 0.3) is 10.9 Å². The Bertz CT molecular complexity index is 598. The summed E-state index contributed by atoms with van der Waals surface area (Å²) in [6.45, 7) is 0. The van der Waals surface area contributed by atoms with E-state index in [1.54, 1.807) is 12.1 Å². The highest BCUT2D eigenvalue weighted by molar-refractivity contribution is 5.79. The van der Waals surface area contributed by atoms with Crippen molar-refractivity contribution in [2.75, 3.05) is 0 Å². The molecule has 84 valence electrons. The van der Waals surface area contributed by atoms with Gasteiger partial charge in [0.15, 0.2) is 5.43 Å². The van der Waals surface area contributed by atoms with Gasteiger partial charge in [-0.15, -0.1) is 0 Å².